The zero-order valence-electron chi connectivity index (χ0n) is 21.8. The highest BCUT2D eigenvalue weighted by molar-refractivity contribution is 7.09. The average Bonchev–Trinajstić information content (AvgIpc) is 3.55. The third kappa shape index (κ3) is 5.78. The molecule has 0 spiro atoms. The van der Waals surface area contributed by atoms with Gasteiger partial charge in [-0.05, 0) is 66.3 Å². The van der Waals surface area contributed by atoms with Crippen LogP contribution in [0.3, 0.4) is 0 Å². The number of hydrogen-bond acceptors (Lipinski definition) is 8. The molecule has 2 aromatic carbocycles. The molecule has 0 unspecified atom stereocenters. The molecule has 11 heteroatoms. The van der Waals surface area contributed by atoms with Crippen molar-refractivity contribution in [3.05, 3.63) is 93.9 Å². The molecule has 39 heavy (non-hydrogen) atoms. The Bertz CT molecular complexity index is 1490. The van der Waals surface area contributed by atoms with E-state index in [9.17, 15) is 14.4 Å². The molecule has 0 aliphatic carbocycles. The van der Waals surface area contributed by atoms with E-state index in [1.54, 1.807) is 50.4 Å². The summed E-state index contributed by atoms with van der Waals surface area (Å²) in [6.07, 6.45) is 0.585. The van der Waals surface area contributed by atoms with Crippen LogP contribution in [0.4, 0.5) is 11.4 Å². The molecule has 4 aromatic rings. The predicted octanol–water partition coefficient (Wildman–Crippen LogP) is 4.00. The lowest BCUT2D eigenvalue weighted by Crippen LogP contribution is -2.44. The quantitative estimate of drug-likeness (QED) is 0.271. The molecule has 0 aliphatic rings. The lowest BCUT2D eigenvalue weighted by atomic mass is 10.0. The summed E-state index contributed by atoms with van der Waals surface area (Å²) in [5.74, 6) is -0.410. The first kappa shape index (κ1) is 27.4. The first-order chi connectivity index (χ1) is 18.7. The van der Waals surface area contributed by atoms with Gasteiger partial charge < -0.3 is 25.9 Å². The molecule has 202 valence electrons. The second kappa shape index (κ2) is 11.8. The van der Waals surface area contributed by atoms with Gasteiger partial charge in [-0.1, -0.05) is 37.3 Å². The van der Waals surface area contributed by atoms with E-state index in [4.69, 9.17) is 20.6 Å². The number of nitrogens with two attached hydrogens (primary N) is 2. The van der Waals surface area contributed by atoms with Gasteiger partial charge in [0, 0.05) is 12.2 Å². The summed E-state index contributed by atoms with van der Waals surface area (Å²) < 4.78 is 15.1. The molecule has 0 saturated heterocycles. The molecule has 0 aliphatic heterocycles. The van der Waals surface area contributed by atoms with E-state index in [2.05, 4.69) is 9.69 Å². The summed E-state index contributed by atoms with van der Waals surface area (Å²) in [6, 6.07) is 16.7. The Morgan fingerprint density at radius 3 is 2.41 bits per heavy atom. The normalized spacial score (nSPS) is 11.6. The second-order valence-corrected chi connectivity index (χ2v) is 9.49. The number of anilines is 2. The number of nitrogen functional groups attached to an aromatic ring is 1. The van der Waals surface area contributed by atoms with Gasteiger partial charge in [-0.2, -0.15) is 4.37 Å². The van der Waals surface area contributed by atoms with E-state index in [1.165, 1.54) is 4.90 Å². The van der Waals surface area contributed by atoms with E-state index in [-0.39, 0.29) is 28.6 Å². The van der Waals surface area contributed by atoms with Crippen molar-refractivity contribution in [1.29, 1.82) is 0 Å². The minimum atomic E-state index is -1.20. The van der Waals surface area contributed by atoms with Gasteiger partial charge in [0.2, 0.25) is 0 Å². The van der Waals surface area contributed by atoms with Crippen LogP contribution in [0.15, 0.2) is 65.1 Å². The standard InChI is InChI=1S/C28H29N5O5S/c1-4-18-7-5-6-8-20(18)33(28(36)25-22(29)23(26(30)34)32-39-25)24(21-14-9-16(2)38-21)27(35)31-15-17-10-12-19(37-3)13-11-17/h5-14,24H,4,15,29H2,1-3H3,(H2,30,34)(H,31,35)/t24-/m1/s1. The summed E-state index contributed by atoms with van der Waals surface area (Å²) in [6.45, 7) is 3.90. The number of para-hydroxylation sites is 1. The number of hydrogen-bond donors (Lipinski definition) is 3. The molecule has 0 radical (unpaired) electrons. The number of nitrogens with one attached hydrogen (secondary N) is 1. The van der Waals surface area contributed by atoms with E-state index in [1.807, 2.05) is 31.2 Å². The Morgan fingerprint density at radius 2 is 1.82 bits per heavy atom. The Kier molecular flexibility index (Phi) is 8.30. The Balaban J connectivity index is 1.80. The average molecular weight is 548 g/mol. The van der Waals surface area contributed by atoms with Gasteiger partial charge in [-0.25, -0.2) is 0 Å². The van der Waals surface area contributed by atoms with Crippen LogP contribution in [0.1, 0.15) is 55.8 Å². The molecule has 2 heterocycles. The van der Waals surface area contributed by atoms with Crippen LogP contribution >= 0.6 is 11.5 Å². The van der Waals surface area contributed by atoms with Gasteiger partial charge in [-0.3, -0.25) is 19.3 Å². The van der Waals surface area contributed by atoms with Crippen LogP contribution in [-0.2, 0) is 17.8 Å². The zero-order chi connectivity index (χ0) is 28.1. The Labute approximate surface area is 229 Å². The van der Waals surface area contributed by atoms with Crippen molar-refractivity contribution in [2.45, 2.75) is 32.9 Å². The fourth-order valence-corrected chi connectivity index (χ4v) is 4.89. The molecular weight excluding hydrogens is 518 g/mol. The van der Waals surface area contributed by atoms with E-state index in [0.717, 1.165) is 22.7 Å². The van der Waals surface area contributed by atoms with Crippen LogP contribution in [-0.4, -0.2) is 29.2 Å². The minimum Gasteiger partial charge on any atom is -0.497 e. The van der Waals surface area contributed by atoms with E-state index in [0.29, 0.717) is 23.6 Å². The highest BCUT2D eigenvalue weighted by Gasteiger charge is 2.38. The summed E-state index contributed by atoms with van der Waals surface area (Å²) >= 11 is 0.751. The predicted molar refractivity (Wildman–Crippen MR) is 149 cm³/mol. The van der Waals surface area contributed by atoms with Crippen molar-refractivity contribution in [1.82, 2.24) is 9.69 Å². The Hall–Kier alpha value is -4.64. The molecular formula is C28H29N5O5S. The molecule has 10 nitrogen and oxygen atoms in total. The second-order valence-electron chi connectivity index (χ2n) is 8.71. The van der Waals surface area contributed by atoms with Crippen molar-refractivity contribution in [3.63, 3.8) is 0 Å². The molecule has 4 rings (SSSR count). The maximum Gasteiger partial charge on any atom is 0.273 e. The molecule has 0 fully saturated rings. The van der Waals surface area contributed by atoms with Crippen molar-refractivity contribution >= 4 is 40.6 Å². The number of benzene rings is 2. The van der Waals surface area contributed by atoms with Crippen LogP contribution in [0.2, 0.25) is 0 Å². The summed E-state index contributed by atoms with van der Waals surface area (Å²) in [4.78, 5) is 41.2. The van der Waals surface area contributed by atoms with Gasteiger partial charge in [0.15, 0.2) is 11.7 Å². The maximum absolute atomic E-state index is 14.2. The van der Waals surface area contributed by atoms with Crippen LogP contribution in [0.5, 0.6) is 5.75 Å². The fourth-order valence-electron chi connectivity index (χ4n) is 4.15. The number of carbonyl (C=O) groups is 3. The first-order valence-corrected chi connectivity index (χ1v) is 13.0. The van der Waals surface area contributed by atoms with Crippen molar-refractivity contribution < 1.29 is 23.5 Å². The van der Waals surface area contributed by atoms with Gasteiger partial charge >= 0.3 is 0 Å². The van der Waals surface area contributed by atoms with Crippen LogP contribution in [0.25, 0.3) is 0 Å². The molecule has 5 N–H and O–H groups in total. The van der Waals surface area contributed by atoms with E-state index < -0.39 is 23.8 Å². The number of furan rings is 1. The van der Waals surface area contributed by atoms with Gasteiger partial charge in [-0.15, -0.1) is 0 Å². The number of ether oxygens (including phenoxy) is 1. The molecule has 2 aromatic heterocycles. The fraction of sp³-hybridized carbons (Fsp3) is 0.214. The summed E-state index contributed by atoms with van der Waals surface area (Å²) in [7, 11) is 1.58. The van der Waals surface area contributed by atoms with Gasteiger partial charge in [0.25, 0.3) is 17.7 Å². The summed E-state index contributed by atoms with van der Waals surface area (Å²) in [5.41, 5.74) is 13.3. The third-order valence-corrected chi connectivity index (χ3v) is 7.02. The molecule has 1 atom stereocenters. The molecule has 0 saturated carbocycles. The number of carbonyl (C=O) groups excluding carboxylic acids is 3. The molecule has 3 amide bonds. The minimum absolute atomic E-state index is 0.00839. The maximum atomic E-state index is 14.2. The van der Waals surface area contributed by atoms with Crippen molar-refractivity contribution in [3.8, 4) is 5.75 Å². The topological polar surface area (TPSA) is 154 Å². The lowest BCUT2D eigenvalue weighted by molar-refractivity contribution is -0.123. The summed E-state index contributed by atoms with van der Waals surface area (Å²) in [5, 5.41) is 2.93. The van der Waals surface area contributed by atoms with Gasteiger partial charge in [0.05, 0.1) is 12.8 Å². The number of methoxy groups -OCH3 is 1. The Morgan fingerprint density at radius 1 is 1.10 bits per heavy atom. The number of aryl methyl sites for hydroxylation is 2. The largest absolute Gasteiger partial charge is 0.497 e. The third-order valence-electron chi connectivity index (χ3n) is 6.17. The van der Waals surface area contributed by atoms with Gasteiger partial charge in [0.1, 0.15) is 22.1 Å². The SMILES string of the molecule is CCc1ccccc1N(C(=O)c1snc(C(N)=O)c1N)[C@@H](C(=O)NCc1ccc(OC)cc1)c1ccc(C)o1. The van der Waals surface area contributed by atoms with Crippen molar-refractivity contribution in [2.24, 2.45) is 5.73 Å². The number of primary amides is 1. The monoisotopic (exact) mass is 547 g/mol. The highest BCUT2D eigenvalue weighted by Crippen LogP contribution is 2.35. The van der Waals surface area contributed by atoms with Crippen LogP contribution in [0, 0.1) is 6.92 Å². The first-order valence-electron chi connectivity index (χ1n) is 12.2. The number of rotatable bonds is 10. The number of amides is 3. The lowest BCUT2D eigenvalue weighted by Gasteiger charge is -2.31. The van der Waals surface area contributed by atoms with E-state index >= 15 is 0 Å². The smallest absolute Gasteiger partial charge is 0.273 e. The zero-order valence-corrected chi connectivity index (χ0v) is 22.6. The highest BCUT2D eigenvalue weighted by atomic mass is 32.1. The number of nitrogens with zero attached hydrogens (tertiary/aromatic N) is 2. The van der Waals surface area contributed by atoms with Crippen LogP contribution < -0.4 is 26.4 Å². The number of aromatic nitrogens is 1. The van der Waals surface area contributed by atoms with Crippen molar-refractivity contribution in [2.75, 3.05) is 17.7 Å². The molecule has 0 bridgehead atoms.